The molecule has 0 atom stereocenters. The maximum absolute atomic E-state index is 3.30. The summed E-state index contributed by atoms with van der Waals surface area (Å²) in [6.07, 6.45) is 6.63. The summed E-state index contributed by atoms with van der Waals surface area (Å²) in [5, 5.41) is 3.30. The van der Waals surface area contributed by atoms with E-state index in [0.717, 1.165) is 25.9 Å². The number of hydrogen-bond donors (Lipinski definition) is 1. The lowest BCUT2D eigenvalue weighted by molar-refractivity contribution is 0.727. The SMILES string of the molecule is CCNCCC=Cc1ccc(CC)cc1. The van der Waals surface area contributed by atoms with Crippen molar-refractivity contribution >= 4 is 6.08 Å². The van der Waals surface area contributed by atoms with Crippen molar-refractivity contribution in [1.82, 2.24) is 5.32 Å². The van der Waals surface area contributed by atoms with Crippen LogP contribution in [0.1, 0.15) is 31.4 Å². The van der Waals surface area contributed by atoms with Gasteiger partial charge in [-0.25, -0.2) is 0 Å². The van der Waals surface area contributed by atoms with E-state index in [1.54, 1.807) is 0 Å². The van der Waals surface area contributed by atoms with Crippen LogP contribution in [0.4, 0.5) is 0 Å². The Morgan fingerprint density at radius 3 is 2.47 bits per heavy atom. The number of benzene rings is 1. The molecule has 0 heterocycles. The molecule has 0 aliphatic carbocycles. The molecule has 1 N–H and O–H groups in total. The first-order valence-electron chi connectivity index (χ1n) is 5.83. The van der Waals surface area contributed by atoms with E-state index in [1.807, 2.05) is 0 Å². The average molecular weight is 203 g/mol. The zero-order valence-corrected chi connectivity index (χ0v) is 9.79. The van der Waals surface area contributed by atoms with Gasteiger partial charge in [0.25, 0.3) is 0 Å². The van der Waals surface area contributed by atoms with Crippen molar-refractivity contribution < 1.29 is 0 Å². The fourth-order valence-electron chi connectivity index (χ4n) is 1.45. The second-order valence-electron chi connectivity index (χ2n) is 3.64. The van der Waals surface area contributed by atoms with E-state index in [1.165, 1.54) is 11.1 Å². The highest BCUT2D eigenvalue weighted by molar-refractivity contribution is 5.49. The zero-order valence-electron chi connectivity index (χ0n) is 9.79. The molecular weight excluding hydrogens is 182 g/mol. The van der Waals surface area contributed by atoms with E-state index in [4.69, 9.17) is 0 Å². The van der Waals surface area contributed by atoms with E-state index < -0.39 is 0 Å². The summed E-state index contributed by atoms with van der Waals surface area (Å²) < 4.78 is 0. The van der Waals surface area contributed by atoms with E-state index in [-0.39, 0.29) is 0 Å². The Bertz CT molecular complexity index is 285. The van der Waals surface area contributed by atoms with Crippen LogP contribution in [0.15, 0.2) is 30.3 Å². The van der Waals surface area contributed by atoms with Crippen molar-refractivity contribution in [3.63, 3.8) is 0 Å². The Labute approximate surface area is 93.2 Å². The fourth-order valence-corrected chi connectivity index (χ4v) is 1.45. The van der Waals surface area contributed by atoms with Gasteiger partial charge < -0.3 is 5.32 Å². The molecule has 0 aromatic heterocycles. The summed E-state index contributed by atoms with van der Waals surface area (Å²) in [6, 6.07) is 8.76. The van der Waals surface area contributed by atoms with Crippen LogP contribution in [0, 0.1) is 0 Å². The Balaban J connectivity index is 2.36. The molecule has 0 spiro atoms. The van der Waals surface area contributed by atoms with Crippen LogP contribution in [0.2, 0.25) is 0 Å². The molecule has 1 rings (SSSR count). The molecule has 0 aliphatic heterocycles. The summed E-state index contributed by atoms with van der Waals surface area (Å²) in [5.74, 6) is 0. The molecule has 0 radical (unpaired) electrons. The van der Waals surface area contributed by atoms with Crippen LogP contribution in [-0.2, 0) is 6.42 Å². The Morgan fingerprint density at radius 2 is 1.87 bits per heavy atom. The highest BCUT2D eigenvalue weighted by Crippen LogP contribution is 2.06. The molecule has 1 heteroatoms. The van der Waals surface area contributed by atoms with Gasteiger partial charge >= 0.3 is 0 Å². The molecule has 0 saturated heterocycles. The Kier molecular flexibility index (Phi) is 5.79. The Morgan fingerprint density at radius 1 is 1.13 bits per heavy atom. The van der Waals surface area contributed by atoms with Crippen molar-refractivity contribution in [1.29, 1.82) is 0 Å². The van der Waals surface area contributed by atoms with Crippen LogP contribution in [-0.4, -0.2) is 13.1 Å². The highest BCUT2D eigenvalue weighted by Gasteiger charge is 1.88. The van der Waals surface area contributed by atoms with E-state index in [2.05, 4.69) is 55.6 Å². The third-order valence-electron chi connectivity index (χ3n) is 2.44. The molecule has 1 aromatic rings. The molecule has 0 bridgehead atoms. The third kappa shape index (κ3) is 4.80. The maximum Gasteiger partial charge on any atom is -0.00143 e. The van der Waals surface area contributed by atoms with Gasteiger partial charge in [0.1, 0.15) is 0 Å². The molecule has 15 heavy (non-hydrogen) atoms. The number of rotatable bonds is 6. The van der Waals surface area contributed by atoms with Gasteiger partial charge in [-0.05, 0) is 37.1 Å². The summed E-state index contributed by atoms with van der Waals surface area (Å²) in [4.78, 5) is 0. The normalized spacial score (nSPS) is 11.1. The summed E-state index contributed by atoms with van der Waals surface area (Å²) in [5.41, 5.74) is 2.70. The van der Waals surface area contributed by atoms with Gasteiger partial charge in [-0.1, -0.05) is 50.3 Å². The van der Waals surface area contributed by atoms with Crippen LogP contribution in [0.3, 0.4) is 0 Å². The summed E-state index contributed by atoms with van der Waals surface area (Å²) >= 11 is 0. The van der Waals surface area contributed by atoms with Gasteiger partial charge in [0.2, 0.25) is 0 Å². The van der Waals surface area contributed by atoms with Crippen LogP contribution in [0.5, 0.6) is 0 Å². The molecule has 1 aromatic carbocycles. The second kappa shape index (κ2) is 7.24. The predicted molar refractivity (Wildman–Crippen MR) is 68.0 cm³/mol. The van der Waals surface area contributed by atoms with E-state index >= 15 is 0 Å². The molecule has 0 saturated carbocycles. The fraction of sp³-hybridized carbons (Fsp3) is 0.429. The summed E-state index contributed by atoms with van der Waals surface area (Å²) in [7, 11) is 0. The third-order valence-corrected chi connectivity index (χ3v) is 2.44. The standard InChI is InChI=1S/C14H21N/c1-3-13-8-10-14(11-9-13)7-5-6-12-15-4-2/h5,7-11,15H,3-4,6,12H2,1-2H3. The van der Waals surface area contributed by atoms with E-state index in [0.29, 0.717) is 0 Å². The van der Waals surface area contributed by atoms with Crippen molar-refractivity contribution in [2.45, 2.75) is 26.7 Å². The van der Waals surface area contributed by atoms with Gasteiger partial charge in [-0.15, -0.1) is 0 Å². The lowest BCUT2D eigenvalue weighted by Gasteiger charge is -1.98. The molecule has 0 fully saturated rings. The van der Waals surface area contributed by atoms with Crippen molar-refractivity contribution in [2.75, 3.05) is 13.1 Å². The Hall–Kier alpha value is -1.08. The monoisotopic (exact) mass is 203 g/mol. The minimum Gasteiger partial charge on any atom is -0.317 e. The highest BCUT2D eigenvalue weighted by atomic mass is 14.8. The molecule has 82 valence electrons. The second-order valence-corrected chi connectivity index (χ2v) is 3.64. The minimum absolute atomic E-state index is 1.05. The average Bonchev–Trinajstić information content (AvgIpc) is 2.30. The van der Waals surface area contributed by atoms with Crippen LogP contribution in [0.25, 0.3) is 6.08 Å². The first-order valence-corrected chi connectivity index (χ1v) is 5.83. The molecule has 0 aliphatic rings. The molecular formula is C14H21N. The number of aryl methyl sites for hydroxylation is 1. The van der Waals surface area contributed by atoms with Crippen LogP contribution < -0.4 is 5.32 Å². The maximum atomic E-state index is 3.30. The first-order chi connectivity index (χ1) is 7.36. The smallest absolute Gasteiger partial charge is 0.00143 e. The van der Waals surface area contributed by atoms with Crippen molar-refractivity contribution in [3.05, 3.63) is 41.5 Å². The molecule has 0 unspecified atom stereocenters. The van der Waals surface area contributed by atoms with Gasteiger partial charge in [-0.3, -0.25) is 0 Å². The molecule has 0 amide bonds. The van der Waals surface area contributed by atoms with Crippen molar-refractivity contribution in [3.8, 4) is 0 Å². The first kappa shape index (κ1) is 12.0. The topological polar surface area (TPSA) is 12.0 Å². The van der Waals surface area contributed by atoms with Gasteiger partial charge in [-0.2, -0.15) is 0 Å². The lowest BCUT2D eigenvalue weighted by atomic mass is 10.1. The molecule has 1 nitrogen and oxygen atoms in total. The number of hydrogen-bond acceptors (Lipinski definition) is 1. The summed E-state index contributed by atoms with van der Waals surface area (Å²) in [6.45, 7) is 6.44. The van der Waals surface area contributed by atoms with Gasteiger partial charge in [0.05, 0.1) is 0 Å². The minimum atomic E-state index is 1.05. The van der Waals surface area contributed by atoms with Gasteiger partial charge in [0.15, 0.2) is 0 Å². The van der Waals surface area contributed by atoms with Gasteiger partial charge in [0, 0.05) is 0 Å². The van der Waals surface area contributed by atoms with Crippen LogP contribution >= 0.6 is 0 Å². The largest absolute Gasteiger partial charge is 0.317 e. The lowest BCUT2D eigenvalue weighted by Crippen LogP contribution is -2.12. The predicted octanol–water partition coefficient (Wildman–Crippen LogP) is 3.26. The zero-order chi connectivity index (χ0) is 10.9. The van der Waals surface area contributed by atoms with Crippen molar-refractivity contribution in [2.24, 2.45) is 0 Å². The quantitative estimate of drug-likeness (QED) is 0.700. The number of nitrogens with one attached hydrogen (secondary N) is 1. The van der Waals surface area contributed by atoms with E-state index in [9.17, 15) is 0 Å².